The number of methoxy groups -OCH3 is 2. The molecule has 1 aromatic carbocycles. The SMILES string of the molecule is COc1cc(CCC(=O)N2CCCNCC2)cc(OC)c1. The second-order valence-corrected chi connectivity index (χ2v) is 5.21. The molecule has 21 heavy (non-hydrogen) atoms. The lowest BCUT2D eigenvalue weighted by molar-refractivity contribution is -0.130. The lowest BCUT2D eigenvalue weighted by Crippen LogP contribution is -2.34. The van der Waals surface area contributed by atoms with Gasteiger partial charge in [0.25, 0.3) is 0 Å². The maximum absolute atomic E-state index is 12.3. The fraction of sp³-hybridized carbons (Fsp3) is 0.562. The van der Waals surface area contributed by atoms with Crippen molar-refractivity contribution >= 4 is 5.91 Å². The number of amides is 1. The highest BCUT2D eigenvalue weighted by Gasteiger charge is 2.15. The summed E-state index contributed by atoms with van der Waals surface area (Å²) in [6.45, 7) is 3.54. The van der Waals surface area contributed by atoms with Gasteiger partial charge in [-0.25, -0.2) is 0 Å². The van der Waals surface area contributed by atoms with Crippen molar-refractivity contribution in [3.8, 4) is 11.5 Å². The molecule has 5 nitrogen and oxygen atoms in total. The molecule has 5 heteroatoms. The normalized spacial score (nSPS) is 15.4. The van der Waals surface area contributed by atoms with Gasteiger partial charge in [0.05, 0.1) is 14.2 Å². The number of hydrogen-bond acceptors (Lipinski definition) is 4. The van der Waals surface area contributed by atoms with E-state index in [2.05, 4.69) is 5.32 Å². The molecule has 0 spiro atoms. The molecule has 1 aromatic rings. The van der Waals surface area contributed by atoms with Crippen LogP contribution in [0.1, 0.15) is 18.4 Å². The minimum Gasteiger partial charge on any atom is -0.497 e. The monoisotopic (exact) mass is 292 g/mol. The third kappa shape index (κ3) is 4.63. The number of nitrogens with zero attached hydrogens (tertiary/aromatic N) is 1. The van der Waals surface area contributed by atoms with E-state index in [9.17, 15) is 4.79 Å². The molecular weight excluding hydrogens is 268 g/mol. The highest BCUT2D eigenvalue weighted by atomic mass is 16.5. The van der Waals surface area contributed by atoms with E-state index < -0.39 is 0 Å². The van der Waals surface area contributed by atoms with Crippen LogP contribution >= 0.6 is 0 Å². The number of benzene rings is 1. The fourth-order valence-corrected chi connectivity index (χ4v) is 2.52. The molecule has 0 radical (unpaired) electrons. The first kappa shape index (κ1) is 15.6. The van der Waals surface area contributed by atoms with Gasteiger partial charge in [0, 0.05) is 32.1 Å². The summed E-state index contributed by atoms with van der Waals surface area (Å²) in [5.41, 5.74) is 1.06. The lowest BCUT2D eigenvalue weighted by Gasteiger charge is -2.20. The molecule has 1 amide bonds. The van der Waals surface area contributed by atoms with E-state index in [0.29, 0.717) is 12.8 Å². The Labute approximate surface area is 126 Å². The molecule has 1 saturated heterocycles. The fourth-order valence-electron chi connectivity index (χ4n) is 2.52. The van der Waals surface area contributed by atoms with Crippen LogP contribution < -0.4 is 14.8 Å². The van der Waals surface area contributed by atoms with Gasteiger partial charge >= 0.3 is 0 Å². The third-order valence-corrected chi connectivity index (χ3v) is 3.73. The molecular formula is C16H24N2O3. The molecule has 2 rings (SSSR count). The zero-order valence-electron chi connectivity index (χ0n) is 12.9. The van der Waals surface area contributed by atoms with Gasteiger partial charge in [-0.15, -0.1) is 0 Å². The molecule has 1 aliphatic rings. The van der Waals surface area contributed by atoms with Crippen molar-refractivity contribution in [2.75, 3.05) is 40.4 Å². The van der Waals surface area contributed by atoms with Crippen molar-refractivity contribution in [2.45, 2.75) is 19.3 Å². The first-order chi connectivity index (χ1) is 10.2. The van der Waals surface area contributed by atoms with Gasteiger partial charge in [-0.2, -0.15) is 0 Å². The summed E-state index contributed by atoms with van der Waals surface area (Å²) in [7, 11) is 3.27. The molecule has 0 aliphatic carbocycles. The highest BCUT2D eigenvalue weighted by Crippen LogP contribution is 2.23. The summed E-state index contributed by atoms with van der Waals surface area (Å²) in [4.78, 5) is 14.2. The number of hydrogen-bond donors (Lipinski definition) is 1. The van der Waals surface area contributed by atoms with E-state index in [4.69, 9.17) is 9.47 Å². The molecule has 1 aliphatic heterocycles. The average molecular weight is 292 g/mol. The summed E-state index contributed by atoms with van der Waals surface area (Å²) in [5.74, 6) is 1.74. The first-order valence-corrected chi connectivity index (χ1v) is 7.43. The van der Waals surface area contributed by atoms with Crippen molar-refractivity contribution in [1.82, 2.24) is 10.2 Å². The summed E-state index contributed by atoms with van der Waals surface area (Å²) in [5, 5.41) is 3.31. The molecule has 0 unspecified atom stereocenters. The van der Waals surface area contributed by atoms with Crippen LogP contribution in [0.15, 0.2) is 18.2 Å². The largest absolute Gasteiger partial charge is 0.497 e. The van der Waals surface area contributed by atoms with Crippen molar-refractivity contribution in [1.29, 1.82) is 0 Å². The summed E-state index contributed by atoms with van der Waals surface area (Å²) in [6, 6.07) is 5.76. The molecule has 0 atom stereocenters. The number of rotatable bonds is 5. The van der Waals surface area contributed by atoms with E-state index in [-0.39, 0.29) is 5.91 Å². The van der Waals surface area contributed by atoms with Crippen molar-refractivity contribution in [3.05, 3.63) is 23.8 Å². The molecule has 116 valence electrons. The maximum Gasteiger partial charge on any atom is 0.222 e. The Balaban J connectivity index is 1.93. The zero-order valence-corrected chi connectivity index (χ0v) is 12.9. The van der Waals surface area contributed by atoms with Crippen molar-refractivity contribution < 1.29 is 14.3 Å². The highest BCUT2D eigenvalue weighted by molar-refractivity contribution is 5.76. The van der Waals surface area contributed by atoms with E-state index in [1.807, 2.05) is 23.1 Å². The van der Waals surface area contributed by atoms with Crippen LogP contribution in [0, 0.1) is 0 Å². The Morgan fingerprint density at radius 2 is 1.86 bits per heavy atom. The van der Waals surface area contributed by atoms with E-state index in [1.165, 1.54) is 0 Å². The number of aryl methyl sites for hydroxylation is 1. The van der Waals surface area contributed by atoms with Gasteiger partial charge in [-0.3, -0.25) is 4.79 Å². The Morgan fingerprint density at radius 3 is 2.52 bits per heavy atom. The smallest absolute Gasteiger partial charge is 0.222 e. The van der Waals surface area contributed by atoms with Crippen LogP contribution in [0.2, 0.25) is 0 Å². The van der Waals surface area contributed by atoms with Crippen LogP contribution in [0.5, 0.6) is 11.5 Å². The predicted octanol–water partition coefficient (Wildman–Crippen LogP) is 1.46. The zero-order chi connectivity index (χ0) is 15.1. The van der Waals surface area contributed by atoms with Gasteiger partial charge in [-0.1, -0.05) is 0 Å². The van der Waals surface area contributed by atoms with Crippen LogP contribution in [0.4, 0.5) is 0 Å². The number of carbonyl (C=O) groups is 1. The van der Waals surface area contributed by atoms with Crippen molar-refractivity contribution in [3.63, 3.8) is 0 Å². The van der Waals surface area contributed by atoms with Crippen LogP contribution in [0.25, 0.3) is 0 Å². The molecule has 1 N–H and O–H groups in total. The van der Waals surface area contributed by atoms with Gasteiger partial charge < -0.3 is 19.7 Å². The Morgan fingerprint density at radius 1 is 1.14 bits per heavy atom. The third-order valence-electron chi connectivity index (χ3n) is 3.73. The summed E-state index contributed by atoms with van der Waals surface area (Å²) in [6.07, 6.45) is 2.26. The Hall–Kier alpha value is -1.75. The summed E-state index contributed by atoms with van der Waals surface area (Å²) >= 11 is 0. The Kier molecular flexibility index (Phi) is 5.87. The Bertz CT molecular complexity index is 446. The van der Waals surface area contributed by atoms with E-state index >= 15 is 0 Å². The van der Waals surface area contributed by atoms with Gasteiger partial charge in [0.15, 0.2) is 0 Å². The maximum atomic E-state index is 12.3. The van der Waals surface area contributed by atoms with E-state index in [0.717, 1.165) is 49.7 Å². The van der Waals surface area contributed by atoms with Crippen molar-refractivity contribution in [2.24, 2.45) is 0 Å². The van der Waals surface area contributed by atoms with Crippen LogP contribution in [-0.4, -0.2) is 51.2 Å². The predicted molar refractivity (Wildman–Crippen MR) is 81.9 cm³/mol. The topological polar surface area (TPSA) is 50.8 Å². The first-order valence-electron chi connectivity index (χ1n) is 7.43. The molecule has 1 heterocycles. The lowest BCUT2D eigenvalue weighted by atomic mass is 10.1. The second-order valence-electron chi connectivity index (χ2n) is 5.21. The van der Waals surface area contributed by atoms with E-state index in [1.54, 1.807) is 14.2 Å². The number of nitrogens with one attached hydrogen (secondary N) is 1. The van der Waals surface area contributed by atoms with Gasteiger partial charge in [-0.05, 0) is 37.1 Å². The van der Waals surface area contributed by atoms with Gasteiger partial charge in [0.2, 0.25) is 5.91 Å². The minimum atomic E-state index is 0.223. The number of ether oxygens (including phenoxy) is 2. The molecule has 0 saturated carbocycles. The second kappa shape index (κ2) is 7.88. The molecule has 0 aromatic heterocycles. The molecule has 0 bridgehead atoms. The minimum absolute atomic E-state index is 0.223. The average Bonchev–Trinajstić information content (AvgIpc) is 2.81. The van der Waals surface area contributed by atoms with Crippen LogP contribution in [-0.2, 0) is 11.2 Å². The number of carbonyl (C=O) groups excluding carboxylic acids is 1. The quantitative estimate of drug-likeness (QED) is 0.892. The van der Waals surface area contributed by atoms with Crippen LogP contribution in [0.3, 0.4) is 0 Å². The van der Waals surface area contributed by atoms with Gasteiger partial charge in [0.1, 0.15) is 11.5 Å². The molecule has 1 fully saturated rings. The summed E-state index contributed by atoms with van der Waals surface area (Å²) < 4.78 is 10.5. The standard InChI is InChI=1S/C16H24N2O3/c1-20-14-10-13(11-15(12-14)21-2)4-5-16(19)18-8-3-6-17-7-9-18/h10-12,17H,3-9H2,1-2H3.